The summed E-state index contributed by atoms with van der Waals surface area (Å²) in [5.41, 5.74) is 0.174. The minimum atomic E-state index is -1.09. The number of aliphatic carboxylic acids is 1. The van der Waals surface area contributed by atoms with Crippen molar-refractivity contribution in [1.82, 2.24) is 0 Å². The van der Waals surface area contributed by atoms with E-state index in [1.165, 1.54) is 6.08 Å². The van der Waals surface area contributed by atoms with E-state index in [4.69, 9.17) is 16.3 Å². The van der Waals surface area contributed by atoms with Crippen LogP contribution in [-0.4, -0.2) is 28.6 Å². The number of nitro groups is 1. The van der Waals surface area contributed by atoms with Crippen molar-refractivity contribution in [2.75, 3.05) is 6.61 Å². The zero-order valence-electron chi connectivity index (χ0n) is 13.1. The Morgan fingerprint density at radius 1 is 1.32 bits per heavy atom. The standard InChI is InChI=1S/C17H16ClNO6/c18-12-5-3-4-11(8-12)9-13(19(23)24)10-25-17(22)15-7-2-1-6-14(15)16(20)21/h1-5,8-9,14-15H,6-7,10H2,(H,20,21)/b13-9+/t14-,15+/m1/s1. The van der Waals surface area contributed by atoms with Gasteiger partial charge in [-0.1, -0.05) is 35.9 Å². The number of hydrogen-bond donors (Lipinski definition) is 1. The van der Waals surface area contributed by atoms with Crippen LogP contribution in [0, 0.1) is 22.0 Å². The summed E-state index contributed by atoms with van der Waals surface area (Å²) in [7, 11) is 0. The molecule has 0 fully saturated rings. The van der Waals surface area contributed by atoms with Crippen molar-refractivity contribution in [1.29, 1.82) is 0 Å². The maximum absolute atomic E-state index is 12.2. The molecule has 0 radical (unpaired) electrons. The van der Waals surface area contributed by atoms with Gasteiger partial charge in [0.1, 0.15) is 0 Å². The molecule has 1 aromatic carbocycles. The van der Waals surface area contributed by atoms with Gasteiger partial charge in [-0.05, 0) is 30.5 Å². The number of halogens is 1. The highest BCUT2D eigenvalue weighted by Crippen LogP contribution is 2.27. The molecule has 0 bridgehead atoms. The molecule has 0 saturated heterocycles. The first-order valence-electron chi connectivity index (χ1n) is 7.53. The van der Waals surface area contributed by atoms with Crippen LogP contribution < -0.4 is 0 Å². The molecule has 1 aliphatic carbocycles. The lowest BCUT2D eigenvalue weighted by atomic mass is 9.83. The largest absolute Gasteiger partial charge is 0.481 e. The molecular formula is C17H16ClNO6. The van der Waals surface area contributed by atoms with E-state index in [2.05, 4.69) is 0 Å². The molecule has 0 heterocycles. The molecule has 1 aliphatic rings. The summed E-state index contributed by atoms with van der Waals surface area (Å²) in [6.07, 6.45) is 5.14. The van der Waals surface area contributed by atoms with Gasteiger partial charge < -0.3 is 9.84 Å². The fourth-order valence-corrected chi connectivity index (χ4v) is 2.73. The van der Waals surface area contributed by atoms with Gasteiger partial charge in [0, 0.05) is 11.1 Å². The zero-order valence-corrected chi connectivity index (χ0v) is 13.9. The Kier molecular flexibility index (Phi) is 6.30. The summed E-state index contributed by atoms with van der Waals surface area (Å²) in [6, 6.07) is 6.44. The number of allylic oxidation sites excluding steroid dienone is 2. The van der Waals surface area contributed by atoms with Crippen LogP contribution in [-0.2, 0) is 14.3 Å². The summed E-state index contributed by atoms with van der Waals surface area (Å²) in [6.45, 7) is -0.551. The molecule has 7 nitrogen and oxygen atoms in total. The quantitative estimate of drug-likeness (QED) is 0.359. The number of carbonyl (C=O) groups excluding carboxylic acids is 1. The highest BCUT2D eigenvalue weighted by Gasteiger charge is 2.35. The molecule has 132 valence electrons. The first kappa shape index (κ1) is 18.7. The number of benzene rings is 1. The smallest absolute Gasteiger partial charge is 0.310 e. The average Bonchev–Trinajstić information content (AvgIpc) is 2.58. The molecule has 1 N–H and O–H groups in total. The van der Waals surface area contributed by atoms with Gasteiger partial charge >= 0.3 is 11.9 Å². The van der Waals surface area contributed by atoms with Gasteiger partial charge in [-0.25, -0.2) is 0 Å². The molecule has 0 amide bonds. The summed E-state index contributed by atoms with van der Waals surface area (Å²) in [4.78, 5) is 33.9. The van der Waals surface area contributed by atoms with Gasteiger partial charge in [-0.2, -0.15) is 0 Å². The Hall–Kier alpha value is -2.67. The lowest BCUT2D eigenvalue weighted by Crippen LogP contribution is -2.32. The van der Waals surface area contributed by atoms with E-state index in [1.54, 1.807) is 36.4 Å². The molecular weight excluding hydrogens is 350 g/mol. The predicted octanol–water partition coefficient (Wildman–Crippen LogP) is 3.17. The van der Waals surface area contributed by atoms with E-state index < -0.39 is 35.3 Å². The summed E-state index contributed by atoms with van der Waals surface area (Å²) in [5.74, 6) is -3.57. The van der Waals surface area contributed by atoms with Crippen molar-refractivity contribution in [2.24, 2.45) is 11.8 Å². The number of carboxylic acid groups (broad SMARTS) is 1. The molecule has 25 heavy (non-hydrogen) atoms. The Balaban J connectivity index is 2.08. The SMILES string of the molecule is O=C(OC/C(=C\c1cccc(Cl)c1)[N+](=O)[O-])[C@H]1CC=CC[C@H]1C(=O)O. The number of carbonyl (C=O) groups is 2. The minimum Gasteiger partial charge on any atom is -0.481 e. The number of hydrogen-bond acceptors (Lipinski definition) is 5. The first-order valence-corrected chi connectivity index (χ1v) is 7.91. The Labute approximate surface area is 148 Å². The molecule has 8 heteroatoms. The van der Waals surface area contributed by atoms with E-state index in [0.29, 0.717) is 10.6 Å². The molecule has 2 atom stereocenters. The normalized spacial score (nSPS) is 20.1. The average molecular weight is 366 g/mol. The fourth-order valence-electron chi connectivity index (χ4n) is 2.54. The van der Waals surface area contributed by atoms with Gasteiger partial charge in [0.15, 0.2) is 6.61 Å². The third kappa shape index (κ3) is 5.15. The molecule has 0 aliphatic heterocycles. The van der Waals surface area contributed by atoms with Gasteiger partial charge in [-0.3, -0.25) is 19.7 Å². The van der Waals surface area contributed by atoms with Crippen molar-refractivity contribution < 1.29 is 24.4 Å². The van der Waals surface area contributed by atoms with Crippen LogP contribution in [0.15, 0.2) is 42.1 Å². The lowest BCUT2D eigenvalue weighted by Gasteiger charge is -2.23. The number of ether oxygens (including phenoxy) is 1. The van der Waals surface area contributed by atoms with Gasteiger partial charge in [-0.15, -0.1) is 0 Å². The van der Waals surface area contributed by atoms with Crippen LogP contribution in [0.2, 0.25) is 5.02 Å². The fraction of sp³-hybridized carbons (Fsp3) is 0.294. The van der Waals surface area contributed by atoms with Gasteiger partial charge in [0.25, 0.3) is 5.70 Å². The molecule has 1 aromatic rings. The van der Waals surface area contributed by atoms with Crippen molar-refractivity contribution in [3.63, 3.8) is 0 Å². The molecule has 0 spiro atoms. The minimum absolute atomic E-state index is 0.232. The predicted molar refractivity (Wildman–Crippen MR) is 90.4 cm³/mol. The van der Waals surface area contributed by atoms with Crippen molar-refractivity contribution >= 4 is 29.6 Å². The topological polar surface area (TPSA) is 107 Å². The third-order valence-corrected chi connectivity index (χ3v) is 4.07. The summed E-state index contributed by atoms with van der Waals surface area (Å²) < 4.78 is 5.01. The number of carboxylic acids is 1. The lowest BCUT2D eigenvalue weighted by molar-refractivity contribution is -0.428. The van der Waals surface area contributed by atoms with Crippen LogP contribution >= 0.6 is 11.6 Å². The second-order valence-electron chi connectivity index (χ2n) is 5.55. The number of nitrogens with zero attached hydrogens (tertiary/aromatic N) is 1. The highest BCUT2D eigenvalue weighted by atomic mass is 35.5. The van der Waals surface area contributed by atoms with Crippen LogP contribution in [0.5, 0.6) is 0 Å². The van der Waals surface area contributed by atoms with Crippen molar-refractivity contribution in [3.8, 4) is 0 Å². The zero-order chi connectivity index (χ0) is 18.4. The van der Waals surface area contributed by atoms with E-state index in [0.717, 1.165) is 0 Å². The van der Waals surface area contributed by atoms with Crippen molar-refractivity contribution in [3.05, 3.63) is 62.8 Å². The second kappa shape index (κ2) is 8.43. The number of esters is 1. The van der Waals surface area contributed by atoms with E-state index in [1.807, 2.05) is 0 Å². The summed E-state index contributed by atoms with van der Waals surface area (Å²) >= 11 is 5.84. The van der Waals surface area contributed by atoms with Gasteiger partial charge in [0.05, 0.1) is 16.8 Å². The highest BCUT2D eigenvalue weighted by molar-refractivity contribution is 6.30. The maximum atomic E-state index is 12.2. The maximum Gasteiger partial charge on any atom is 0.310 e. The Morgan fingerprint density at radius 3 is 2.60 bits per heavy atom. The molecule has 0 unspecified atom stereocenters. The van der Waals surface area contributed by atoms with Crippen LogP contribution in [0.4, 0.5) is 0 Å². The summed E-state index contributed by atoms with van der Waals surface area (Å²) in [5, 5.41) is 20.8. The molecule has 0 saturated carbocycles. The monoisotopic (exact) mass is 365 g/mol. The van der Waals surface area contributed by atoms with Crippen LogP contribution in [0.1, 0.15) is 18.4 Å². The first-order chi connectivity index (χ1) is 11.9. The molecule has 2 rings (SSSR count). The Bertz CT molecular complexity index is 742. The molecule has 0 aromatic heterocycles. The Morgan fingerprint density at radius 2 is 2.00 bits per heavy atom. The third-order valence-electron chi connectivity index (χ3n) is 3.83. The number of rotatable bonds is 6. The van der Waals surface area contributed by atoms with E-state index in [9.17, 15) is 24.8 Å². The van der Waals surface area contributed by atoms with E-state index >= 15 is 0 Å². The van der Waals surface area contributed by atoms with E-state index in [-0.39, 0.29) is 18.5 Å². The van der Waals surface area contributed by atoms with Gasteiger partial charge in [0.2, 0.25) is 0 Å². The second-order valence-corrected chi connectivity index (χ2v) is 5.99. The van der Waals surface area contributed by atoms with Crippen molar-refractivity contribution in [2.45, 2.75) is 12.8 Å². The van der Waals surface area contributed by atoms with Crippen LogP contribution in [0.3, 0.4) is 0 Å². The van der Waals surface area contributed by atoms with Crippen LogP contribution in [0.25, 0.3) is 6.08 Å².